The molecule has 0 atom stereocenters. The fourth-order valence-electron chi connectivity index (χ4n) is 5.65. The van der Waals surface area contributed by atoms with Crippen molar-refractivity contribution < 1.29 is 0 Å². The molecule has 196 valence electrons. The van der Waals surface area contributed by atoms with Gasteiger partial charge in [0.05, 0.1) is 0 Å². The molecule has 0 saturated carbocycles. The number of fused-ring (bicyclic) bond motifs is 20. The van der Waals surface area contributed by atoms with Gasteiger partial charge in [-0.15, -0.1) is 0 Å². The summed E-state index contributed by atoms with van der Waals surface area (Å²) in [5.74, 6) is 2.39. The molecule has 42 heavy (non-hydrogen) atoms. The molecule has 2 N–H and O–H groups in total. The SMILES string of the molecule is Ic1cccc2c3nc4nc(nc5[nH]c(nc6nc(nc([nH]3)c12)-c1ccccc1-6)c1ccccc51)-c1ccccc1-4.[MgH2]. The van der Waals surface area contributed by atoms with Crippen molar-refractivity contribution in [2.45, 2.75) is 0 Å². The van der Waals surface area contributed by atoms with Gasteiger partial charge in [0.25, 0.3) is 0 Å². The first kappa shape index (κ1) is 25.4. The maximum absolute atomic E-state index is 5.07. The molecule has 4 aromatic carbocycles. The maximum atomic E-state index is 5.07. The lowest BCUT2D eigenvalue weighted by atomic mass is 10.1. The lowest BCUT2D eigenvalue weighted by Crippen LogP contribution is -1.83. The first-order valence-electron chi connectivity index (χ1n) is 13.1. The molecule has 3 aromatic heterocycles. The minimum Gasteiger partial charge on any atom is -0.324 e. The number of aromatic amines is 2. The molecule has 2 aliphatic heterocycles. The fraction of sp³-hybridized carbons (Fsp3) is 0. The van der Waals surface area contributed by atoms with Gasteiger partial charge in [-0.3, -0.25) is 0 Å². The monoisotopic (exact) mass is 666 g/mol. The second kappa shape index (κ2) is 9.65. The smallest absolute Gasteiger partial charge is 0.316 e. The average molecular weight is 667 g/mol. The molecule has 2 aliphatic rings. The first-order chi connectivity index (χ1) is 20.2. The molecule has 0 unspecified atom stereocenters. The van der Waals surface area contributed by atoms with E-state index in [0.29, 0.717) is 45.9 Å². The maximum Gasteiger partial charge on any atom is 0.316 e. The lowest BCUT2D eigenvalue weighted by molar-refractivity contribution is 1.19. The van der Waals surface area contributed by atoms with Crippen molar-refractivity contribution in [3.8, 4) is 45.6 Å². The molecule has 0 amide bonds. The second-order valence-electron chi connectivity index (χ2n) is 9.91. The molecule has 5 heterocycles. The van der Waals surface area contributed by atoms with Crippen molar-refractivity contribution in [3.63, 3.8) is 0 Å². The Kier molecular flexibility index (Phi) is 5.84. The van der Waals surface area contributed by atoms with Crippen LogP contribution in [0, 0.1) is 3.57 Å². The zero-order valence-corrected chi connectivity index (χ0v) is 23.4. The van der Waals surface area contributed by atoms with E-state index in [4.69, 9.17) is 29.9 Å². The summed E-state index contributed by atoms with van der Waals surface area (Å²) in [6, 6.07) is 30.4. The van der Waals surface area contributed by atoms with Crippen LogP contribution in [0.4, 0.5) is 0 Å². The summed E-state index contributed by atoms with van der Waals surface area (Å²) in [6.45, 7) is 0. The van der Waals surface area contributed by atoms with E-state index in [1.807, 2.05) is 78.9 Å². The summed E-state index contributed by atoms with van der Waals surface area (Å²) < 4.78 is 1.07. The van der Waals surface area contributed by atoms with Gasteiger partial charge in [0.2, 0.25) is 0 Å². The van der Waals surface area contributed by atoms with Crippen molar-refractivity contribution in [2.24, 2.45) is 0 Å². The molecule has 0 spiro atoms. The van der Waals surface area contributed by atoms with E-state index in [9.17, 15) is 0 Å². The van der Waals surface area contributed by atoms with Crippen molar-refractivity contribution in [2.75, 3.05) is 0 Å². The van der Waals surface area contributed by atoms with Gasteiger partial charge in [-0.05, 0) is 28.7 Å². The average Bonchev–Trinajstić information content (AvgIpc) is 3.73. The zero-order valence-electron chi connectivity index (χ0n) is 21.2. The second-order valence-corrected chi connectivity index (χ2v) is 11.1. The molecule has 0 saturated heterocycles. The van der Waals surface area contributed by atoms with E-state index in [2.05, 4.69) is 44.7 Å². The van der Waals surface area contributed by atoms with Gasteiger partial charge in [0.1, 0.15) is 22.6 Å². The van der Waals surface area contributed by atoms with E-state index < -0.39 is 0 Å². The van der Waals surface area contributed by atoms with Crippen LogP contribution in [0.3, 0.4) is 0 Å². The molecule has 9 rings (SSSR count). The van der Waals surface area contributed by atoms with Crippen LogP contribution in [0.1, 0.15) is 0 Å². The van der Waals surface area contributed by atoms with Crippen molar-refractivity contribution in [1.29, 1.82) is 0 Å². The summed E-state index contributed by atoms with van der Waals surface area (Å²) in [5.41, 5.74) is 6.46. The van der Waals surface area contributed by atoms with Crippen LogP contribution in [-0.4, -0.2) is 62.9 Å². The lowest BCUT2D eigenvalue weighted by Gasteiger charge is -1.96. The summed E-state index contributed by atoms with van der Waals surface area (Å²) in [4.78, 5) is 37.0. The molecule has 0 aliphatic carbocycles. The summed E-state index contributed by atoms with van der Waals surface area (Å²) in [5, 5.41) is 3.86. The van der Waals surface area contributed by atoms with Gasteiger partial charge < -0.3 is 9.97 Å². The van der Waals surface area contributed by atoms with E-state index >= 15 is 0 Å². The Morgan fingerprint density at radius 1 is 0.405 bits per heavy atom. The highest BCUT2D eigenvalue weighted by molar-refractivity contribution is 14.1. The Labute approximate surface area is 268 Å². The van der Waals surface area contributed by atoms with E-state index in [0.717, 1.165) is 47.4 Å². The Morgan fingerprint density at radius 2 is 0.786 bits per heavy atom. The van der Waals surface area contributed by atoms with E-state index in [-0.39, 0.29) is 23.1 Å². The van der Waals surface area contributed by atoms with Crippen LogP contribution in [0.25, 0.3) is 89.7 Å². The Hall–Kier alpha value is -4.26. The van der Waals surface area contributed by atoms with Gasteiger partial charge in [0, 0.05) is 47.4 Å². The fourth-order valence-corrected chi connectivity index (χ4v) is 6.40. The number of rotatable bonds is 0. The third-order valence-corrected chi connectivity index (χ3v) is 8.43. The highest BCUT2D eigenvalue weighted by Crippen LogP contribution is 2.37. The highest BCUT2D eigenvalue weighted by atomic mass is 127. The van der Waals surface area contributed by atoms with Gasteiger partial charge in [-0.1, -0.05) is 84.9 Å². The Balaban J connectivity index is 0.00000267. The van der Waals surface area contributed by atoms with Gasteiger partial charge in [0.15, 0.2) is 23.3 Å². The van der Waals surface area contributed by atoms with Crippen LogP contribution in [0.2, 0.25) is 0 Å². The van der Waals surface area contributed by atoms with E-state index in [1.54, 1.807) is 0 Å². The van der Waals surface area contributed by atoms with Crippen LogP contribution < -0.4 is 0 Å². The van der Waals surface area contributed by atoms with E-state index in [1.165, 1.54) is 0 Å². The largest absolute Gasteiger partial charge is 0.324 e. The van der Waals surface area contributed by atoms with Crippen LogP contribution in [-0.2, 0) is 0 Å². The highest BCUT2D eigenvalue weighted by Gasteiger charge is 2.22. The molecular formula is C32H19IMgN8. The zero-order chi connectivity index (χ0) is 27.1. The number of H-pyrrole nitrogens is 2. The number of nitrogens with zero attached hydrogens (tertiary/aromatic N) is 6. The van der Waals surface area contributed by atoms with Crippen molar-refractivity contribution in [3.05, 3.63) is 94.6 Å². The van der Waals surface area contributed by atoms with Gasteiger partial charge >= 0.3 is 23.1 Å². The predicted octanol–water partition coefficient (Wildman–Crippen LogP) is 6.56. The minimum absolute atomic E-state index is 0. The molecular weight excluding hydrogens is 648 g/mol. The molecule has 8 nitrogen and oxygen atoms in total. The molecule has 0 radical (unpaired) electrons. The third kappa shape index (κ3) is 3.78. The predicted molar refractivity (Wildman–Crippen MR) is 177 cm³/mol. The van der Waals surface area contributed by atoms with Gasteiger partial charge in [-0.25, -0.2) is 29.9 Å². The summed E-state index contributed by atoms with van der Waals surface area (Å²) in [6.07, 6.45) is 0. The van der Waals surface area contributed by atoms with Crippen molar-refractivity contribution in [1.82, 2.24) is 39.9 Å². The van der Waals surface area contributed by atoms with Gasteiger partial charge in [-0.2, -0.15) is 0 Å². The van der Waals surface area contributed by atoms with Crippen LogP contribution in [0.15, 0.2) is 91.0 Å². The molecule has 8 bridgehead atoms. The quantitative estimate of drug-likeness (QED) is 0.140. The number of benzene rings is 4. The summed E-state index contributed by atoms with van der Waals surface area (Å²) >= 11 is 2.35. The number of nitrogens with one attached hydrogen (secondary N) is 2. The van der Waals surface area contributed by atoms with Crippen LogP contribution >= 0.6 is 22.6 Å². The number of hydrogen-bond acceptors (Lipinski definition) is 6. The normalized spacial score (nSPS) is 11.7. The topological polar surface area (TPSA) is 109 Å². The summed E-state index contributed by atoms with van der Waals surface area (Å²) in [7, 11) is 0. The Bertz CT molecular complexity index is 2410. The molecule has 10 heteroatoms. The first-order valence-corrected chi connectivity index (χ1v) is 14.2. The van der Waals surface area contributed by atoms with Crippen LogP contribution in [0.5, 0.6) is 0 Å². The Morgan fingerprint density at radius 3 is 1.29 bits per heavy atom. The number of hydrogen-bond donors (Lipinski definition) is 2. The number of aromatic nitrogens is 8. The number of halogens is 1. The molecule has 0 fully saturated rings. The minimum atomic E-state index is 0. The third-order valence-electron chi connectivity index (χ3n) is 7.53. The van der Waals surface area contributed by atoms with Crippen molar-refractivity contribution >= 4 is 89.8 Å². The molecule has 7 aromatic rings. The standard InChI is InChI=1S/C32H17IN8.Mg.2H/c33-23-15-7-14-22-24(23)32-40-30-21-13-6-5-12-20(21)28(38-30)36-26-17-9-2-1-8-16(17)25(34-26)35-27-18-10-3-4-11-19(18)29(37-27)39-31(22)41-32;;;/h1-15H,(H2,34,35,36,37,38,39,40,41);;;.